The number of aliphatic hydroxyl groups excluding tert-OH is 1. The van der Waals surface area contributed by atoms with Crippen LogP contribution >= 0.6 is 0 Å². The Kier molecular flexibility index (Phi) is 6.44. The van der Waals surface area contributed by atoms with Gasteiger partial charge in [-0.3, -0.25) is 25.1 Å². The lowest BCUT2D eigenvalue weighted by atomic mass is 9.65. The van der Waals surface area contributed by atoms with Crippen LogP contribution < -0.4 is 38.0 Å². The van der Waals surface area contributed by atoms with Gasteiger partial charge in [0, 0.05) is 25.1 Å². The van der Waals surface area contributed by atoms with E-state index in [1.54, 1.807) is 4.90 Å². The summed E-state index contributed by atoms with van der Waals surface area (Å²) >= 11 is 0. The van der Waals surface area contributed by atoms with E-state index in [-0.39, 0.29) is 42.5 Å². The first-order valence-electron chi connectivity index (χ1n) is 13.9. The van der Waals surface area contributed by atoms with Gasteiger partial charge in [0.2, 0.25) is 11.6 Å². The standard InChI is InChI=1S/C25H36N10O4/c26-23-31-19-16(10-28-22(39)15-8-9-18(36)34-33-15)30-24(27)35-11-17(20(37)25(19,35)32-23)29-21(38)14-7-3-5-12-4-1-2-6-13(12)14/h8-9,12-14,16-17,19-20,37H,1-7,10-11H2,(H2,27,30)(H,28,39)(H,29,38)(H,34,36)(H3,26,31,32)/p+1/t12?,13?,14?,16-,17?,19-,20+,25?/m0/s1. The Bertz CT molecular complexity index is 1240. The number of hydrogen-bond donors (Lipinski definition) is 8. The first-order chi connectivity index (χ1) is 18.8. The third-order valence-electron chi connectivity index (χ3n) is 9.36. The van der Waals surface area contributed by atoms with Crippen LogP contribution in [-0.4, -0.2) is 86.9 Å². The van der Waals surface area contributed by atoms with Crippen LogP contribution in [0, 0.1) is 17.8 Å². The summed E-state index contributed by atoms with van der Waals surface area (Å²) in [5.74, 6) is 0.917. The minimum absolute atomic E-state index is 0.000851. The number of carbonyl (C=O) groups excluding carboxylic acids is 2. The minimum Gasteiger partial charge on any atom is -0.385 e. The van der Waals surface area contributed by atoms with Gasteiger partial charge >= 0.3 is 5.96 Å². The molecule has 1 aromatic heterocycles. The van der Waals surface area contributed by atoms with Crippen LogP contribution in [-0.2, 0) is 4.79 Å². The molecule has 5 unspecified atom stereocenters. The molecule has 4 heterocycles. The lowest BCUT2D eigenvalue weighted by Crippen LogP contribution is -2.88. The van der Waals surface area contributed by atoms with Gasteiger partial charge in [0.15, 0.2) is 12.0 Å². The molecule has 14 heteroatoms. The van der Waals surface area contributed by atoms with Crippen molar-refractivity contribution in [3.8, 4) is 0 Å². The van der Waals surface area contributed by atoms with Crippen LogP contribution in [0.3, 0.4) is 0 Å². The molecule has 14 nitrogen and oxygen atoms in total. The monoisotopic (exact) mass is 541 g/mol. The van der Waals surface area contributed by atoms with Gasteiger partial charge in [-0.15, -0.1) is 0 Å². The molecule has 2 aliphatic carbocycles. The van der Waals surface area contributed by atoms with Crippen molar-refractivity contribution in [3.63, 3.8) is 0 Å². The van der Waals surface area contributed by atoms with E-state index < -0.39 is 41.4 Å². The highest BCUT2D eigenvalue weighted by Crippen LogP contribution is 2.44. The minimum atomic E-state index is -1.15. The van der Waals surface area contributed by atoms with Gasteiger partial charge < -0.3 is 26.4 Å². The van der Waals surface area contributed by atoms with Crippen molar-refractivity contribution in [2.75, 3.05) is 13.1 Å². The van der Waals surface area contributed by atoms with Crippen molar-refractivity contribution >= 4 is 23.7 Å². The second kappa shape index (κ2) is 9.81. The number of nitrogens with two attached hydrogens (primary N) is 2. The molecule has 1 aromatic rings. The molecule has 8 atom stereocenters. The molecular formula is C25H37N10O4+. The molecule has 0 aromatic carbocycles. The second-order valence-corrected chi connectivity index (χ2v) is 11.5. The Balaban J connectivity index is 1.18. The van der Waals surface area contributed by atoms with Gasteiger partial charge in [-0.05, 0) is 30.7 Å². The molecule has 1 saturated heterocycles. The fraction of sp³-hybridized carbons (Fsp3) is 0.680. The molecular weight excluding hydrogens is 504 g/mol. The average Bonchev–Trinajstić information content (AvgIpc) is 3.43. The van der Waals surface area contributed by atoms with Gasteiger partial charge in [-0.1, -0.05) is 32.1 Å². The maximum absolute atomic E-state index is 13.5. The molecule has 5 aliphatic rings. The van der Waals surface area contributed by atoms with Gasteiger partial charge in [0.1, 0.15) is 17.8 Å². The Labute approximate surface area is 225 Å². The molecule has 3 fully saturated rings. The van der Waals surface area contributed by atoms with Crippen molar-refractivity contribution in [1.29, 1.82) is 0 Å². The van der Waals surface area contributed by atoms with E-state index in [1.807, 2.05) is 0 Å². The summed E-state index contributed by atoms with van der Waals surface area (Å²) < 4.78 is 0. The van der Waals surface area contributed by atoms with E-state index in [2.05, 4.69) is 36.1 Å². The fourth-order valence-electron chi connectivity index (χ4n) is 7.60. The van der Waals surface area contributed by atoms with Crippen LogP contribution in [0.5, 0.6) is 0 Å². The number of carbonyl (C=O) groups is 2. The first kappa shape index (κ1) is 25.6. The van der Waals surface area contributed by atoms with Crippen LogP contribution in [0.1, 0.15) is 55.4 Å². The topological polar surface area (TPSA) is 218 Å². The van der Waals surface area contributed by atoms with Crippen LogP contribution in [0.15, 0.2) is 21.9 Å². The Hall–Kier alpha value is -3.68. The van der Waals surface area contributed by atoms with Crippen molar-refractivity contribution < 1.29 is 19.7 Å². The molecule has 1 spiro atoms. The lowest BCUT2D eigenvalue weighted by Gasteiger charge is -2.43. The molecule has 2 saturated carbocycles. The van der Waals surface area contributed by atoms with Crippen molar-refractivity contribution in [2.24, 2.45) is 34.2 Å². The molecule has 3 aliphatic heterocycles. The summed E-state index contributed by atoms with van der Waals surface area (Å²) in [5, 5.41) is 26.8. The number of aliphatic hydroxyl groups is 1. The van der Waals surface area contributed by atoms with Crippen molar-refractivity contribution in [1.82, 2.24) is 31.0 Å². The Morgan fingerprint density at radius 3 is 2.77 bits per heavy atom. The molecule has 39 heavy (non-hydrogen) atoms. The zero-order valence-corrected chi connectivity index (χ0v) is 21.7. The lowest BCUT2D eigenvalue weighted by molar-refractivity contribution is -0.513. The molecule has 6 rings (SSSR count). The highest BCUT2D eigenvalue weighted by Gasteiger charge is 2.68. The van der Waals surface area contributed by atoms with E-state index in [9.17, 15) is 19.5 Å². The number of guanidine groups is 2. The SMILES string of the molecule is NC1=N[C@@H](CNC(=O)c2ccc(=O)[nH]n2)[C@@H]2[NH+]=C(N)NC23[C@H](O)C(NC(=O)C2CCCC4CCCCC42)CN13. The van der Waals surface area contributed by atoms with Crippen LogP contribution in [0.4, 0.5) is 0 Å². The second-order valence-electron chi connectivity index (χ2n) is 11.5. The van der Waals surface area contributed by atoms with Crippen LogP contribution in [0.2, 0.25) is 0 Å². The number of nitrogens with one attached hydrogen (secondary N) is 5. The quantitative estimate of drug-likeness (QED) is 0.182. The summed E-state index contributed by atoms with van der Waals surface area (Å²) in [6.07, 6.45) is 6.79. The molecule has 10 N–H and O–H groups in total. The maximum Gasteiger partial charge on any atom is 0.343 e. The van der Waals surface area contributed by atoms with E-state index in [1.165, 1.54) is 37.8 Å². The maximum atomic E-state index is 13.5. The van der Waals surface area contributed by atoms with Crippen molar-refractivity contribution in [3.05, 3.63) is 28.2 Å². The normalized spacial score (nSPS) is 36.9. The number of nitrogens with zero attached hydrogens (tertiary/aromatic N) is 3. The molecule has 0 bridgehead atoms. The number of hydrogen-bond acceptors (Lipinski definition) is 10. The summed E-state index contributed by atoms with van der Waals surface area (Å²) in [6.45, 7) is 0.333. The summed E-state index contributed by atoms with van der Waals surface area (Å²) in [4.78, 5) is 46.9. The van der Waals surface area contributed by atoms with E-state index in [0.29, 0.717) is 11.8 Å². The smallest absolute Gasteiger partial charge is 0.343 e. The number of fused-ring (bicyclic) bond motifs is 1. The first-order valence-corrected chi connectivity index (χ1v) is 13.9. The largest absolute Gasteiger partial charge is 0.385 e. The van der Waals surface area contributed by atoms with E-state index in [0.717, 1.165) is 19.3 Å². The summed E-state index contributed by atoms with van der Waals surface area (Å²) in [6, 6.07) is 0.813. The number of aromatic amines is 1. The van der Waals surface area contributed by atoms with Gasteiger partial charge in [0.25, 0.3) is 11.5 Å². The predicted molar refractivity (Wildman–Crippen MR) is 140 cm³/mol. The highest BCUT2D eigenvalue weighted by molar-refractivity contribution is 5.92. The Morgan fingerprint density at radius 1 is 1.18 bits per heavy atom. The molecule has 2 amide bonds. The number of H-pyrrole nitrogens is 1. The number of aliphatic imine (C=N–C) groups is 1. The summed E-state index contributed by atoms with van der Waals surface area (Å²) in [7, 11) is 0. The van der Waals surface area contributed by atoms with E-state index >= 15 is 0 Å². The number of rotatable bonds is 5. The third-order valence-corrected chi connectivity index (χ3v) is 9.36. The highest BCUT2D eigenvalue weighted by atomic mass is 16.3. The zero-order chi connectivity index (χ0) is 27.3. The predicted octanol–water partition coefficient (Wildman–Crippen LogP) is -3.97. The third kappa shape index (κ3) is 4.30. The van der Waals surface area contributed by atoms with E-state index in [4.69, 9.17) is 11.5 Å². The average molecular weight is 542 g/mol. The van der Waals surface area contributed by atoms with Crippen LogP contribution in [0.25, 0.3) is 0 Å². The summed E-state index contributed by atoms with van der Waals surface area (Å²) in [5.41, 5.74) is 11.0. The number of amides is 2. The number of aromatic nitrogens is 2. The van der Waals surface area contributed by atoms with Gasteiger partial charge in [-0.25, -0.2) is 15.4 Å². The van der Waals surface area contributed by atoms with Gasteiger partial charge in [-0.2, -0.15) is 5.10 Å². The van der Waals surface area contributed by atoms with Crippen molar-refractivity contribution in [2.45, 2.75) is 74.8 Å². The molecule has 210 valence electrons. The fourth-order valence-corrected chi connectivity index (χ4v) is 7.60. The van der Waals surface area contributed by atoms with Gasteiger partial charge in [0.05, 0.1) is 6.04 Å². The Morgan fingerprint density at radius 2 is 1.97 bits per heavy atom. The molecule has 0 radical (unpaired) electrons. The zero-order valence-electron chi connectivity index (χ0n) is 21.7.